The average molecular weight is 249 g/mol. The van der Waals surface area contributed by atoms with Gasteiger partial charge < -0.3 is 15.4 Å². The van der Waals surface area contributed by atoms with Gasteiger partial charge in [-0.2, -0.15) is 0 Å². The largest absolute Gasteiger partial charge is 0.379 e. The number of hydrogen-bond donors (Lipinski definition) is 2. The molecule has 0 radical (unpaired) electrons. The molecular weight excluding hydrogens is 234 g/mol. The molecule has 7 nitrogen and oxygen atoms in total. The molecule has 7 heteroatoms. The maximum atomic E-state index is 12.0. The van der Waals surface area contributed by atoms with Crippen LogP contribution in [0.3, 0.4) is 0 Å². The Morgan fingerprint density at radius 3 is 3.00 bits per heavy atom. The fourth-order valence-electron chi connectivity index (χ4n) is 2.16. The highest BCUT2D eigenvalue weighted by Gasteiger charge is 2.32. The Bertz CT molecular complexity index is 473. The number of aromatic nitrogens is 2. The van der Waals surface area contributed by atoms with E-state index in [1.165, 1.54) is 0 Å². The number of amides is 1. The number of aryl methyl sites for hydroxylation is 1. The molecule has 1 fully saturated rings. The van der Waals surface area contributed by atoms with Gasteiger partial charge in [-0.3, -0.25) is 9.69 Å². The van der Waals surface area contributed by atoms with E-state index in [2.05, 4.69) is 25.5 Å². The van der Waals surface area contributed by atoms with Gasteiger partial charge in [-0.15, -0.1) is 0 Å². The minimum absolute atomic E-state index is 0.0724. The lowest BCUT2D eigenvalue weighted by molar-refractivity contribution is -0.122. The summed E-state index contributed by atoms with van der Waals surface area (Å²) in [6.07, 6.45) is 1.24. The topological polar surface area (TPSA) is 79.4 Å². The van der Waals surface area contributed by atoms with Crippen LogP contribution in [-0.2, 0) is 9.53 Å². The number of nitrogens with one attached hydrogen (secondary N) is 2. The number of carbonyl (C=O) groups excluding carboxylic acids is 1. The van der Waals surface area contributed by atoms with Crippen molar-refractivity contribution in [3.63, 3.8) is 0 Å². The number of nitrogens with zero attached hydrogens (tertiary/aromatic N) is 3. The van der Waals surface area contributed by atoms with Crippen molar-refractivity contribution in [3.05, 3.63) is 12.0 Å². The van der Waals surface area contributed by atoms with Crippen molar-refractivity contribution in [2.45, 2.75) is 13.1 Å². The van der Waals surface area contributed by atoms with E-state index in [1.54, 1.807) is 6.20 Å². The van der Waals surface area contributed by atoms with Gasteiger partial charge in [0.2, 0.25) is 0 Å². The lowest BCUT2D eigenvalue weighted by atomic mass is 10.2. The lowest BCUT2D eigenvalue weighted by Gasteiger charge is -2.36. The van der Waals surface area contributed by atoms with Gasteiger partial charge in [-0.1, -0.05) is 0 Å². The Hall–Kier alpha value is -1.73. The van der Waals surface area contributed by atoms with E-state index in [1.807, 2.05) is 6.92 Å². The second-order valence-corrected chi connectivity index (χ2v) is 4.36. The summed E-state index contributed by atoms with van der Waals surface area (Å²) in [6, 6.07) is 0. The second kappa shape index (κ2) is 4.51. The molecule has 0 spiro atoms. The van der Waals surface area contributed by atoms with Crippen molar-refractivity contribution in [1.29, 1.82) is 0 Å². The number of morpholine rings is 1. The summed E-state index contributed by atoms with van der Waals surface area (Å²) in [7, 11) is 0. The molecule has 1 atom stereocenters. The van der Waals surface area contributed by atoms with Crippen LogP contribution in [0.15, 0.2) is 6.20 Å². The fourth-order valence-corrected chi connectivity index (χ4v) is 2.16. The summed E-state index contributed by atoms with van der Waals surface area (Å²) < 4.78 is 5.29. The molecule has 2 aliphatic rings. The molecule has 1 amide bonds. The number of anilines is 2. The van der Waals surface area contributed by atoms with Gasteiger partial charge in [0, 0.05) is 13.1 Å². The zero-order valence-electron chi connectivity index (χ0n) is 10.1. The zero-order chi connectivity index (χ0) is 12.5. The first kappa shape index (κ1) is 11.4. The first-order valence-corrected chi connectivity index (χ1v) is 5.97. The minimum Gasteiger partial charge on any atom is -0.379 e. The van der Waals surface area contributed by atoms with E-state index in [-0.39, 0.29) is 12.1 Å². The molecule has 1 unspecified atom stereocenters. The molecule has 18 heavy (non-hydrogen) atoms. The van der Waals surface area contributed by atoms with Crippen LogP contribution in [0.2, 0.25) is 0 Å². The molecule has 0 aromatic carbocycles. The Morgan fingerprint density at radius 2 is 2.22 bits per heavy atom. The summed E-state index contributed by atoms with van der Waals surface area (Å²) in [5.74, 6) is 1.29. The standard InChI is InChI=1S/C11H15N5O2/c1-7-12-6-8-9(13-7)15-10(11(17)14-8)16-2-4-18-5-3-16/h6,10H,2-5H2,1H3,(H,14,17)(H,12,13,15). The minimum atomic E-state index is -0.379. The van der Waals surface area contributed by atoms with Gasteiger partial charge in [-0.05, 0) is 6.92 Å². The SMILES string of the molecule is Cc1ncc2c(n1)NC(N1CCOCC1)C(=O)N2. The average Bonchev–Trinajstić information content (AvgIpc) is 2.39. The van der Waals surface area contributed by atoms with Crippen LogP contribution < -0.4 is 10.6 Å². The number of rotatable bonds is 1. The molecular formula is C11H15N5O2. The van der Waals surface area contributed by atoms with Crippen LogP contribution in [0.1, 0.15) is 5.82 Å². The number of hydrogen-bond acceptors (Lipinski definition) is 6. The van der Waals surface area contributed by atoms with Gasteiger partial charge in [0.1, 0.15) is 11.5 Å². The molecule has 96 valence electrons. The second-order valence-electron chi connectivity index (χ2n) is 4.36. The highest BCUT2D eigenvalue weighted by molar-refractivity contribution is 6.01. The summed E-state index contributed by atoms with van der Waals surface area (Å²) in [5, 5.41) is 5.99. The normalized spacial score (nSPS) is 24.1. The monoisotopic (exact) mass is 249 g/mol. The predicted molar refractivity (Wildman–Crippen MR) is 65.2 cm³/mol. The maximum absolute atomic E-state index is 12.0. The van der Waals surface area contributed by atoms with Crippen molar-refractivity contribution < 1.29 is 9.53 Å². The van der Waals surface area contributed by atoms with Crippen LogP contribution in [0, 0.1) is 6.92 Å². The molecule has 2 aliphatic heterocycles. The molecule has 3 heterocycles. The van der Waals surface area contributed by atoms with E-state index in [9.17, 15) is 4.79 Å². The van der Waals surface area contributed by atoms with Gasteiger partial charge in [0.05, 0.1) is 19.4 Å². The Balaban J connectivity index is 1.83. The summed E-state index contributed by atoms with van der Waals surface area (Å²) >= 11 is 0. The van der Waals surface area contributed by atoms with Gasteiger partial charge in [-0.25, -0.2) is 9.97 Å². The van der Waals surface area contributed by atoms with Crippen LogP contribution >= 0.6 is 0 Å². The summed E-state index contributed by atoms with van der Waals surface area (Å²) in [6.45, 7) is 4.61. The van der Waals surface area contributed by atoms with E-state index in [4.69, 9.17) is 4.74 Å². The van der Waals surface area contributed by atoms with E-state index in [0.717, 1.165) is 13.1 Å². The first-order chi connectivity index (χ1) is 8.74. The van der Waals surface area contributed by atoms with Crippen molar-refractivity contribution in [1.82, 2.24) is 14.9 Å². The predicted octanol–water partition coefficient (Wildman–Crippen LogP) is -0.193. The molecule has 1 saturated heterocycles. The molecule has 0 saturated carbocycles. The number of fused-ring (bicyclic) bond motifs is 1. The van der Waals surface area contributed by atoms with Crippen molar-refractivity contribution >= 4 is 17.4 Å². The summed E-state index contributed by atoms with van der Waals surface area (Å²) in [4.78, 5) is 22.4. The van der Waals surface area contributed by atoms with E-state index < -0.39 is 0 Å². The first-order valence-electron chi connectivity index (χ1n) is 5.97. The molecule has 0 bridgehead atoms. The van der Waals surface area contributed by atoms with Crippen molar-refractivity contribution in [2.24, 2.45) is 0 Å². The third kappa shape index (κ3) is 2.02. The molecule has 0 aliphatic carbocycles. The maximum Gasteiger partial charge on any atom is 0.262 e. The summed E-state index contributed by atoms with van der Waals surface area (Å²) in [5.41, 5.74) is 0.634. The zero-order valence-corrected chi connectivity index (χ0v) is 10.1. The van der Waals surface area contributed by atoms with Crippen LogP contribution in [-0.4, -0.2) is 53.2 Å². The smallest absolute Gasteiger partial charge is 0.262 e. The number of carbonyl (C=O) groups is 1. The highest BCUT2D eigenvalue weighted by Crippen LogP contribution is 2.24. The Morgan fingerprint density at radius 1 is 1.44 bits per heavy atom. The van der Waals surface area contributed by atoms with Crippen LogP contribution in [0.4, 0.5) is 11.5 Å². The molecule has 2 N–H and O–H groups in total. The fraction of sp³-hybridized carbons (Fsp3) is 0.545. The highest BCUT2D eigenvalue weighted by atomic mass is 16.5. The van der Waals surface area contributed by atoms with Crippen LogP contribution in [0.25, 0.3) is 0 Å². The number of ether oxygens (including phenoxy) is 1. The Kier molecular flexibility index (Phi) is 2.85. The molecule has 1 aromatic rings. The van der Waals surface area contributed by atoms with Crippen molar-refractivity contribution in [3.8, 4) is 0 Å². The van der Waals surface area contributed by atoms with E-state index >= 15 is 0 Å². The van der Waals surface area contributed by atoms with Gasteiger partial charge >= 0.3 is 0 Å². The van der Waals surface area contributed by atoms with Crippen LogP contribution in [0.5, 0.6) is 0 Å². The lowest BCUT2D eigenvalue weighted by Crippen LogP contribution is -2.55. The van der Waals surface area contributed by atoms with Gasteiger partial charge in [0.25, 0.3) is 5.91 Å². The molecule has 3 rings (SSSR count). The van der Waals surface area contributed by atoms with Gasteiger partial charge in [0.15, 0.2) is 12.0 Å². The third-order valence-electron chi connectivity index (χ3n) is 3.10. The van der Waals surface area contributed by atoms with Crippen molar-refractivity contribution in [2.75, 3.05) is 36.9 Å². The van der Waals surface area contributed by atoms with E-state index in [0.29, 0.717) is 30.5 Å². The third-order valence-corrected chi connectivity index (χ3v) is 3.10. The molecule has 1 aromatic heterocycles. The quantitative estimate of drug-likeness (QED) is 0.718. The Labute approximate surface area is 105 Å².